The molecule has 3 heteroatoms. The van der Waals surface area contributed by atoms with E-state index in [0.29, 0.717) is 0 Å². The highest BCUT2D eigenvalue weighted by Gasteiger charge is 2.26. The Morgan fingerprint density at radius 3 is 2.50 bits per heavy atom. The molecule has 3 nitrogen and oxygen atoms in total. The summed E-state index contributed by atoms with van der Waals surface area (Å²) < 4.78 is 0. The van der Waals surface area contributed by atoms with Crippen molar-refractivity contribution in [2.75, 3.05) is 24.5 Å². The van der Waals surface area contributed by atoms with E-state index in [0.717, 1.165) is 49.5 Å². The van der Waals surface area contributed by atoms with Crippen molar-refractivity contribution in [2.24, 2.45) is 11.8 Å². The lowest BCUT2D eigenvalue weighted by molar-refractivity contribution is 0.494. The van der Waals surface area contributed by atoms with E-state index in [1.54, 1.807) is 0 Å². The van der Waals surface area contributed by atoms with Gasteiger partial charge < -0.3 is 10.2 Å². The summed E-state index contributed by atoms with van der Waals surface area (Å²) >= 11 is 0. The Balaban J connectivity index is 2.09. The number of pyridine rings is 1. The zero-order valence-electron chi connectivity index (χ0n) is 12.0. The maximum absolute atomic E-state index is 4.76. The average Bonchev–Trinajstić information content (AvgIpc) is 2.68. The first kappa shape index (κ1) is 13.3. The van der Waals surface area contributed by atoms with Gasteiger partial charge in [-0.1, -0.05) is 26.8 Å². The van der Waals surface area contributed by atoms with E-state index in [2.05, 4.69) is 50.0 Å². The van der Waals surface area contributed by atoms with Crippen LogP contribution in [0.5, 0.6) is 0 Å². The lowest BCUT2D eigenvalue weighted by Crippen LogP contribution is -2.21. The summed E-state index contributed by atoms with van der Waals surface area (Å²) in [5, 5.41) is 3.35. The summed E-state index contributed by atoms with van der Waals surface area (Å²) in [7, 11) is 0. The van der Waals surface area contributed by atoms with Crippen molar-refractivity contribution in [3.05, 3.63) is 23.4 Å². The van der Waals surface area contributed by atoms with E-state index in [1.807, 2.05) is 0 Å². The van der Waals surface area contributed by atoms with Gasteiger partial charge in [0.2, 0.25) is 0 Å². The van der Waals surface area contributed by atoms with Crippen LogP contribution in [0.4, 0.5) is 5.82 Å². The molecular weight excluding hydrogens is 222 g/mol. The van der Waals surface area contributed by atoms with Crippen LogP contribution in [0.25, 0.3) is 0 Å². The van der Waals surface area contributed by atoms with Gasteiger partial charge in [-0.3, -0.25) is 0 Å². The fourth-order valence-electron chi connectivity index (χ4n) is 2.52. The van der Waals surface area contributed by atoms with Gasteiger partial charge in [0.1, 0.15) is 5.82 Å². The maximum atomic E-state index is 4.76. The molecule has 0 spiro atoms. The molecule has 1 aromatic heterocycles. The first-order valence-corrected chi connectivity index (χ1v) is 7.04. The van der Waals surface area contributed by atoms with Crippen LogP contribution in [-0.2, 0) is 6.54 Å². The first-order chi connectivity index (χ1) is 8.61. The normalized spacial score (nSPS) is 23.7. The fraction of sp³-hybridized carbons (Fsp3) is 0.667. The summed E-state index contributed by atoms with van der Waals surface area (Å²) in [6.45, 7) is 13.1. The molecule has 0 aliphatic carbocycles. The van der Waals surface area contributed by atoms with Crippen LogP contribution in [0.3, 0.4) is 0 Å². The standard InChI is InChI=1S/C15H25N3/c1-5-16-8-14-6-7-15(17-13(14)4)18-9-11(2)12(3)10-18/h6-7,11-12,16H,5,8-10H2,1-4H3. The van der Waals surface area contributed by atoms with Gasteiger partial charge in [-0.15, -0.1) is 0 Å². The third-order valence-corrected chi connectivity index (χ3v) is 4.06. The quantitative estimate of drug-likeness (QED) is 0.886. The number of nitrogens with zero attached hydrogens (tertiary/aromatic N) is 2. The predicted octanol–water partition coefficient (Wildman–Crippen LogP) is 2.59. The number of aryl methyl sites for hydroxylation is 1. The minimum atomic E-state index is 0.772. The molecule has 2 heterocycles. The van der Waals surface area contributed by atoms with Crippen LogP contribution in [0.2, 0.25) is 0 Å². The number of aromatic nitrogens is 1. The Hall–Kier alpha value is -1.09. The molecule has 1 N–H and O–H groups in total. The minimum Gasteiger partial charge on any atom is -0.356 e. The predicted molar refractivity (Wildman–Crippen MR) is 76.9 cm³/mol. The van der Waals surface area contributed by atoms with Crippen LogP contribution in [0.15, 0.2) is 12.1 Å². The Kier molecular flexibility index (Phi) is 4.23. The Morgan fingerprint density at radius 1 is 1.28 bits per heavy atom. The van der Waals surface area contributed by atoms with Crippen molar-refractivity contribution in [1.82, 2.24) is 10.3 Å². The van der Waals surface area contributed by atoms with E-state index < -0.39 is 0 Å². The number of nitrogens with one attached hydrogen (secondary N) is 1. The van der Waals surface area contributed by atoms with E-state index in [4.69, 9.17) is 4.98 Å². The highest BCUT2D eigenvalue weighted by Crippen LogP contribution is 2.26. The monoisotopic (exact) mass is 247 g/mol. The highest BCUT2D eigenvalue weighted by atomic mass is 15.2. The van der Waals surface area contributed by atoms with E-state index in [-0.39, 0.29) is 0 Å². The molecular formula is C15H25N3. The molecule has 100 valence electrons. The molecule has 1 saturated heterocycles. The molecule has 1 fully saturated rings. The molecule has 2 atom stereocenters. The smallest absolute Gasteiger partial charge is 0.128 e. The Labute approximate surface area is 111 Å². The van der Waals surface area contributed by atoms with E-state index >= 15 is 0 Å². The van der Waals surface area contributed by atoms with Crippen LogP contribution >= 0.6 is 0 Å². The van der Waals surface area contributed by atoms with Crippen molar-refractivity contribution >= 4 is 5.82 Å². The molecule has 2 rings (SSSR count). The van der Waals surface area contributed by atoms with Crippen LogP contribution in [0, 0.1) is 18.8 Å². The van der Waals surface area contributed by atoms with Crippen LogP contribution < -0.4 is 10.2 Å². The van der Waals surface area contributed by atoms with Gasteiger partial charge >= 0.3 is 0 Å². The summed E-state index contributed by atoms with van der Waals surface area (Å²) in [6, 6.07) is 4.39. The van der Waals surface area contributed by atoms with Gasteiger partial charge in [0, 0.05) is 25.3 Å². The Morgan fingerprint density at radius 2 is 1.94 bits per heavy atom. The fourth-order valence-corrected chi connectivity index (χ4v) is 2.52. The van der Waals surface area contributed by atoms with Gasteiger partial charge in [0.15, 0.2) is 0 Å². The van der Waals surface area contributed by atoms with Crippen LogP contribution in [-0.4, -0.2) is 24.6 Å². The number of rotatable bonds is 4. The van der Waals surface area contributed by atoms with E-state index in [1.165, 1.54) is 5.56 Å². The molecule has 18 heavy (non-hydrogen) atoms. The molecule has 0 radical (unpaired) electrons. The van der Waals surface area contributed by atoms with Crippen molar-refractivity contribution in [1.29, 1.82) is 0 Å². The molecule has 0 amide bonds. The highest BCUT2D eigenvalue weighted by molar-refractivity contribution is 5.43. The van der Waals surface area contributed by atoms with Gasteiger partial charge in [-0.25, -0.2) is 4.98 Å². The zero-order chi connectivity index (χ0) is 13.1. The summed E-state index contributed by atoms with van der Waals surface area (Å²) in [5.41, 5.74) is 2.46. The SMILES string of the molecule is CCNCc1ccc(N2CC(C)C(C)C2)nc1C. The molecule has 2 unspecified atom stereocenters. The largest absolute Gasteiger partial charge is 0.356 e. The number of hydrogen-bond acceptors (Lipinski definition) is 3. The van der Waals surface area contributed by atoms with Gasteiger partial charge in [0.05, 0.1) is 0 Å². The summed E-state index contributed by atoms with van der Waals surface area (Å²) in [5.74, 6) is 2.69. The second kappa shape index (κ2) is 5.70. The number of hydrogen-bond donors (Lipinski definition) is 1. The second-order valence-corrected chi connectivity index (χ2v) is 5.55. The van der Waals surface area contributed by atoms with Gasteiger partial charge in [-0.2, -0.15) is 0 Å². The van der Waals surface area contributed by atoms with Gasteiger partial charge in [-0.05, 0) is 36.9 Å². The molecule has 0 aromatic carbocycles. The van der Waals surface area contributed by atoms with E-state index in [9.17, 15) is 0 Å². The average molecular weight is 247 g/mol. The summed E-state index contributed by atoms with van der Waals surface area (Å²) in [6.07, 6.45) is 0. The van der Waals surface area contributed by atoms with Crippen molar-refractivity contribution in [2.45, 2.75) is 34.2 Å². The molecule has 1 aromatic rings. The van der Waals surface area contributed by atoms with Crippen LogP contribution in [0.1, 0.15) is 32.0 Å². The van der Waals surface area contributed by atoms with Crippen molar-refractivity contribution < 1.29 is 0 Å². The third kappa shape index (κ3) is 2.83. The second-order valence-electron chi connectivity index (χ2n) is 5.55. The van der Waals surface area contributed by atoms with Crippen molar-refractivity contribution in [3.8, 4) is 0 Å². The molecule has 1 aliphatic heterocycles. The summed E-state index contributed by atoms with van der Waals surface area (Å²) in [4.78, 5) is 7.18. The maximum Gasteiger partial charge on any atom is 0.128 e. The first-order valence-electron chi connectivity index (χ1n) is 7.04. The lowest BCUT2D eigenvalue weighted by atomic mass is 10.0. The minimum absolute atomic E-state index is 0.772. The lowest BCUT2D eigenvalue weighted by Gasteiger charge is -2.18. The topological polar surface area (TPSA) is 28.2 Å². The number of anilines is 1. The van der Waals surface area contributed by atoms with Gasteiger partial charge in [0.25, 0.3) is 0 Å². The third-order valence-electron chi connectivity index (χ3n) is 4.06. The molecule has 0 bridgehead atoms. The molecule has 0 saturated carbocycles. The molecule has 1 aliphatic rings. The van der Waals surface area contributed by atoms with Crippen molar-refractivity contribution in [3.63, 3.8) is 0 Å². The zero-order valence-corrected chi connectivity index (χ0v) is 12.0. The Bertz CT molecular complexity index is 393.